The molecule has 0 unspecified atom stereocenters. The van der Waals surface area contributed by atoms with Crippen molar-refractivity contribution in [3.63, 3.8) is 0 Å². The Bertz CT molecular complexity index is 267. The second kappa shape index (κ2) is 7.03. The van der Waals surface area contributed by atoms with Crippen molar-refractivity contribution in [3.05, 3.63) is 30.3 Å². The molecule has 0 bridgehead atoms. The van der Waals surface area contributed by atoms with Gasteiger partial charge in [0.2, 0.25) is 0 Å². The fraction of sp³-hybridized carbons (Fsp3) is 0.222. The first-order valence-corrected chi connectivity index (χ1v) is 4.06. The van der Waals surface area contributed by atoms with Gasteiger partial charge in [0.25, 0.3) is 0 Å². The Hall–Kier alpha value is -1.42. The molecular weight excluding hydrogens is 204 g/mol. The quantitative estimate of drug-likeness (QED) is 0.762. The minimum absolute atomic E-state index is 0. The van der Waals surface area contributed by atoms with E-state index in [4.69, 9.17) is 0 Å². The zero-order valence-corrected chi connectivity index (χ0v) is 8.64. The molecule has 0 radical (unpaired) electrons. The Morgan fingerprint density at radius 1 is 1.36 bits per heavy atom. The lowest BCUT2D eigenvalue weighted by Crippen LogP contribution is -2.29. The van der Waals surface area contributed by atoms with Crippen LogP contribution < -0.4 is 10.9 Å². The third-order valence-electron chi connectivity index (χ3n) is 1.36. The standard InChI is InChI=1S/C9H12N2O2.ClH/c1-2-13-9(12)11-10-8-6-4-3-5-7-8;/h3-7,10H,2H2,1H3,(H,11,12);1H. The Morgan fingerprint density at radius 3 is 2.57 bits per heavy atom. The summed E-state index contributed by atoms with van der Waals surface area (Å²) in [7, 11) is 0. The van der Waals surface area contributed by atoms with E-state index in [1.165, 1.54) is 0 Å². The smallest absolute Gasteiger partial charge is 0.425 e. The van der Waals surface area contributed by atoms with Crippen molar-refractivity contribution < 1.29 is 9.53 Å². The highest BCUT2D eigenvalue weighted by molar-refractivity contribution is 5.85. The maximum Gasteiger partial charge on any atom is 0.425 e. The van der Waals surface area contributed by atoms with E-state index in [1.54, 1.807) is 6.92 Å². The molecule has 1 amide bonds. The monoisotopic (exact) mass is 216 g/mol. The number of benzene rings is 1. The van der Waals surface area contributed by atoms with Crippen LogP contribution in [-0.2, 0) is 4.74 Å². The third-order valence-corrected chi connectivity index (χ3v) is 1.36. The molecule has 0 aromatic heterocycles. The first-order valence-electron chi connectivity index (χ1n) is 4.06. The normalized spacial score (nSPS) is 8.36. The Kier molecular flexibility index (Phi) is 6.32. The summed E-state index contributed by atoms with van der Waals surface area (Å²) in [5, 5.41) is 0. The minimum Gasteiger partial charge on any atom is -0.449 e. The lowest BCUT2D eigenvalue weighted by molar-refractivity contribution is 0.154. The molecule has 0 heterocycles. The van der Waals surface area contributed by atoms with Gasteiger partial charge in [-0.25, -0.2) is 10.2 Å². The fourth-order valence-corrected chi connectivity index (χ4v) is 0.812. The van der Waals surface area contributed by atoms with Gasteiger partial charge in [-0.2, -0.15) is 0 Å². The van der Waals surface area contributed by atoms with Crippen molar-refractivity contribution in [2.24, 2.45) is 0 Å². The van der Waals surface area contributed by atoms with Gasteiger partial charge in [-0.05, 0) is 19.1 Å². The zero-order chi connectivity index (χ0) is 9.52. The van der Waals surface area contributed by atoms with E-state index in [0.717, 1.165) is 5.69 Å². The summed E-state index contributed by atoms with van der Waals surface area (Å²) < 4.78 is 4.65. The van der Waals surface area contributed by atoms with Gasteiger partial charge in [-0.3, -0.25) is 5.43 Å². The van der Waals surface area contributed by atoms with E-state index >= 15 is 0 Å². The van der Waals surface area contributed by atoms with Gasteiger partial charge >= 0.3 is 6.09 Å². The number of para-hydroxylation sites is 1. The van der Waals surface area contributed by atoms with Gasteiger partial charge in [-0.1, -0.05) is 18.2 Å². The molecule has 0 saturated carbocycles. The number of amides is 1. The lowest BCUT2D eigenvalue weighted by Gasteiger charge is -2.07. The van der Waals surface area contributed by atoms with Crippen molar-refractivity contribution in [2.45, 2.75) is 6.92 Å². The largest absolute Gasteiger partial charge is 0.449 e. The van der Waals surface area contributed by atoms with Crippen molar-refractivity contribution >= 4 is 24.2 Å². The van der Waals surface area contributed by atoms with Crippen LogP contribution in [0.4, 0.5) is 10.5 Å². The number of hydrazine groups is 1. The predicted octanol–water partition coefficient (Wildman–Crippen LogP) is 2.18. The summed E-state index contributed by atoms with van der Waals surface area (Å²) in [6.45, 7) is 2.12. The van der Waals surface area contributed by atoms with E-state index in [-0.39, 0.29) is 12.4 Å². The molecule has 78 valence electrons. The highest BCUT2D eigenvalue weighted by Gasteiger charge is 1.97. The van der Waals surface area contributed by atoms with E-state index in [0.29, 0.717) is 6.61 Å². The molecular formula is C9H13ClN2O2. The van der Waals surface area contributed by atoms with Crippen molar-refractivity contribution in [1.82, 2.24) is 5.43 Å². The average molecular weight is 217 g/mol. The van der Waals surface area contributed by atoms with Crippen LogP contribution in [0.1, 0.15) is 6.92 Å². The van der Waals surface area contributed by atoms with Gasteiger partial charge in [-0.15, -0.1) is 12.4 Å². The number of hydrogen-bond acceptors (Lipinski definition) is 3. The van der Waals surface area contributed by atoms with Crippen molar-refractivity contribution in [3.8, 4) is 0 Å². The molecule has 0 saturated heterocycles. The molecule has 0 atom stereocenters. The third kappa shape index (κ3) is 4.57. The molecule has 0 spiro atoms. The van der Waals surface area contributed by atoms with Gasteiger partial charge in [0.05, 0.1) is 12.3 Å². The summed E-state index contributed by atoms with van der Waals surface area (Å²) in [6, 6.07) is 9.32. The second-order valence-electron chi connectivity index (χ2n) is 2.34. The number of rotatable bonds is 3. The second-order valence-corrected chi connectivity index (χ2v) is 2.34. The van der Waals surface area contributed by atoms with Crippen molar-refractivity contribution in [2.75, 3.05) is 12.0 Å². The summed E-state index contributed by atoms with van der Waals surface area (Å²) in [4.78, 5) is 10.8. The average Bonchev–Trinajstić information content (AvgIpc) is 2.17. The van der Waals surface area contributed by atoms with Crippen LogP contribution in [0, 0.1) is 0 Å². The van der Waals surface area contributed by atoms with Crippen LogP contribution in [0.2, 0.25) is 0 Å². The molecule has 4 nitrogen and oxygen atoms in total. The molecule has 1 aromatic rings. The summed E-state index contributed by atoms with van der Waals surface area (Å²) in [5.74, 6) is 0. The molecule has 5 heteroatoms. The number of carbonyl (C=O) groups excluding carboxylic acids is 1. The Morgan fingerprint density at radius 2 is 2.00 bits per heavy atom. The van der Waals surface area contributed by atoms with Crippen LogP contribution in [0.25, 0.3) is 0 Å². The van der Waals surface area contributed by atoms with Gasteiger partial charge in [0.1, 0.15) is 0 Å². The maximum atomic E-state index is 10.8. The molecule has 1 aromatic carbocycles. The number of anilines is 1. The highest BCUT2D eigenvalue weighted by atomic mass is 35.5. The van der Waals surface area contributed by atoms with Crippen LogP contribution in [0.15, 0.2) is 30.3 Å². The van der Waals surface area contributed by atoms with Crippen LogP contribution >= 0.6 is 12.4 Å². The molecule has 14 heavy (non-hydrogen) atoms. The topological polar surface area (TPSA) is 50.4 Å². The van der Waals surface area contributed by atoms with Gasteiger partial charge < -0.3 is 4.74 Å². The SMILES string of the molecule is CCOC(=O)NNc1ccccc1.Cl. The number of carbonyl (C=O) groups is 1. The molecule has 0 fully saturated rings. The maximum absolute atomic E-state index is 10.8. The lowest BCUT2D eigenvalue weighted by atomic mass is 10.3. The van der Waals surface area contributed by atoms with E-state index in [1.807, 2.05) is 30.3 Å². The predicted molar refractivity (Wildman–Crippen MR) is 57.5 cm³/mol. The summed E-state index contributed by atoms with van der Waals surface area (Å²) >= 11 is 0. The van der Waals surface area contributed by atoms with Gasteiger partial charge in [0, 0.05) is 0 Å². The molecule has 0 aliphatic rings. The van der Waals surface area contributed by atoms with E-state index in [2.05, 4.69) is 15.6 Å². The van der Waals surface area contributed by atoms with E-state index in [9.17, 15) is 4.79 Å². The fourth-order valence-electron chi connectivity index (χ4n) is 0.812. The zero-order valence-electron chi connectivity index (χ0n) is 7.82. The number of ether oxygens (including phenoxy) is 1. The van der Waals surface area contributed by atoms with Crippen LogP contribution in [0.5, 0.6) is 0 Å². The molecule has 2 N–H and O–H groups in total. The van der Waals surface area contributed by atoms with Crippen LogP contribution in [0.3, 0.4) is 0 Å². The molecule has 1 rings (SSSR count). The Labute approximate surface area is 89.0 Å². The molecule has 0 aliphatic carbocycles. The Balaban J connectivity index is 0.00000169. The highest BCUT2D eigenvalue weighted by Crippen LogP contribution is 2.02. The first-order chi connectivity index (χ1) is 6.33. The minimum atomic E-state index is -0.480. The first kappa shape index (κ1) is 12.6. The van der Waals surface area contributed by atoms with Gasteiger partial charge in [0.15, 0.2) is 0 Å². The number of halogens is 1. The van der Waals surface area contributed by atoms with Crippen molar-refractivity contribution in [1.29, 1.82) is 0 Å². The summed E-state index contributed by atoms with van der Waals surface area (Å²) in [6.07, 6.45) is -0.480. The van der Waals surface area contributed by atoms with E-state index < -0.39 is 6.09 Å². The van der Waals surface area contributed by atoms with Crippen LogP contribution in [-0.4, -0.2) is 12.7 Å². The molecule has 0 aliphatic heterocycles. The number of nitrogens with one attached hydrogen (secondary N) is 2. The summed E-state index contributed by atoms with van der Waals surface area (Å²) in [5.41, 5.74) is 5.91. The number of hydrogen-bond donors (Lipinski definition) is 2.